The summed E-state index contributed by atoms with van der Waals surface area (Å²) in [4.78, 5) is 8.83. The predicted molar refractivity (Wildman–Crippen MR) is 64.2 cm³/mol. The Morgan fingerprint density at radius 3 is 2.74 bits per heavy atom. The van der Waals surface area contributed by atoms with Crippen LogP contribution in [-0.2, 0) is 10.9 Å². The van der Waals surface area contributed by atoms with Gasteiger partial charge in [-0.1, -0.05) is 0 Å². The van der Waals surface area contributed by atoms with Crippen LogP contribution in [0.2, 0.25) is 0 Å². The normalized spacial score (nSPS) is 17.2. The SMILES string of the molecule is CNc1cc(N2CCCOCC2)nc(C(F)(F)F)n1. The minimum Gasteiger partial charge on any atom is -0.380 e. The number of hydrogen-bond acceptors (Lipinski definition) is 5. The van der Waals surface area contributed by atoms with Gasteiger partial charge < -0.3 is 15.0 Å². The van der Waals surface area contributed by atoms with Crippen LogP contribution in [0.5, 0.6) is 0 Å². The second-order valence-electron chi connectivity index (χ2n) is 4.14. The van der Waals surface area contributed by atoms with E-state index in [1.165, 1.54) is 13.1 Å². The third kappa shape index (κ3) is 3.46. The van der Waals surface area contributed by atoms with Crippen molar-refractivity contribution < 1.29 is 17.9 Å². The van der Waals surface area contributed by atoms with Crippen molar-refractivity contribution in [2.75, 3.05) is 43.6 Å². The average Bonchev–Trinajstić information content (AvgIpc) is 2.66. The molecule has 1 aliphatic heterocycles. The molecule has 2 heterocycles. The maximum absolute atomic E-state index is 12.7. The lowest BCUT2D eigenvalue weighted by Crippen LogP contribution is -2.28. The molecule has 106 valence electrons. The Labute approximate surface area is 108 Å². The highest BCUT2D eigenvalue weighted by atomic mass is 19.4. The number of anilines is 2. The van der Waals surface area contributed by atoms with Gasteiger partial charge in [0.15, 0.2) is 0 Å². The highest BCUT2D eigenvalue weighted by Crippen LogP contribution is 2.29. The Morgan fingerprint density at radius 2 is 2.05 bits per heavy atom. The molecule has 1 N–H and O–H groups in total. The van der Waals surface area contributed by atoms with Gasteiger partial charge in [0, 0.05) is 32.8 Å². The lowest BCUT2D eigenvalue weighted by Gasteiger charge is -2.22. The first-order valence-electron chi connectivity index (χ1n) is 5.97. The first-order chi connectivity index (χ1) is 9.00. The summed E-state index contributed by atoms with van der Waals surface area (Å²) in [5.74, 6) is -0.695. The number of hydrogen-bond donors (Lipinski definition) is 1. The first kappa shape index (κ1) is 13.9. The van der Waals surface area contributed by atoms with E-state index >= 15 is 0 Å². The molecule has 1 saturated heterocycles. The van der Waals surface area contributed by atoms with Gasteiger partial charge in [0.05, 0.1) is 6.61 Å². The fraction of sp³-hybridized carbons (Fsp3) is 0.636. The topological polar surface area (TPSA) is 50.3 Å². The molecule has 2 rings (SSSR count). The molecule has 5 nitrogen and oxygen atoms in total. The van der Waals surface area contributed by atoms with Crippen molar-refractivity contribution in [1.82, 2.24) is 9.97 Å². The summed E-state index contributed by atoms with van der Waals surface area (Å²) in [6.07, 6.45) is -3.79. The van der Waals surface area contributed by atoms with E-state index < -0.39 is 12.0 Å². The van der Waals surface area contributed by atoms with Gasteiger partial charge in [-0.15, -0.1) is 0 Å². The molecule has 0 unspecified atom stereocenters. The van der Waals surface area contributed by atoms with E-state index in [0.717, 1.165) is 6.42 Å². The number of alkyl halides is 3. The molecule has 0 spiro atoms. The highest BCUT2D eigenvalue weighted by Gasteiger charge is 2.35. The van der Waals surface area contributed by atoms with E-state index in [4.69, 9.17) is 4.74 Å². The predicted octanol–water partition coefficient (Wildman–Crippen LogP) is 1.76. The van der Waals surface area contributed by atoms with Crippen LogP contribution in [0.4, 0.5) is 24.8 Å². The summed E-state index contributed by atoms with van der Waals surface area (Å²) in [5, 5.41) is 2.63. The molecule has 0 aromatic carbocycles. The van der Waals surface area contributed by atoms with Gasteiger partial charge in [-0.3, -0.25) is 0 Å². The quantitative estimate of drug-likeness (QED) is 0.892. The van der Waals surface area contributed by atoms with Gasteiger partial charge in [0.25, 0.3) is 0 Å². The lowest BCUT2D eigenvalue weighted by molar-refractivity contribution is -0.144. The molecule has 1 fully saturated rings. The van der Waals surface area contributed by atoms with Crippen molar-refractivity contribution in [2.24, 2.45) is 0 Å². The zero-order valence-corrected chi connectivity index (χ0v) is 10.5. The fourth-order valence-electron chi connectivity index (χ4n) is 1.83. The maximum atomic E-state index is 12.7. The Kier molecular flexibility index (Phi) is 4.08. The molecule has 8 heteroatoms. The zero-order valence-electron chi connectivity index (χ0n) is 10.5. The summed E-state index contributed by atoms with van der Waals surface area (Å²) >= 11 is 0. The van der Waals surface area contributed by atoms with E-state index in [9.17, 15) is 13.2 Å². The van der Waals surface area contributed by atoms with Gasteiger partial charge in [-0.2, -0.15) is 13.2 Å². The van der Waals surface area contributed by atoms with Crippen LogP contribution in [0.15, 0.2) is 6.07 Å². The van der Waals surface area contributed by atoms with Crippen LogP contribution in [0.25, 0.3) is 0 Å². The van der Waals surface area contributed by atoms with Crippen LogP contribution < -0.4 is 10.2 Å². The van der Waals surface area contributed by atoms with Crippen molar-refractivity contribution in [3.05, 3.63) is 11.9 Å². The fourth-order valence-corrected chi connectivity index (χ4v) is 1.83. The van der Waals surface area contributed by atoms with E-state index in [-0.39, 0.29) is 11.6 Å². The third-order valence-electron chi connectivity index (χ3n) is 2.77. The first-order valence-corrected chi connectivity index (χ1v) is 5.97. The number of ether oxygens (including phenoxy) is 1. The zero-order chi connectivity index (χ0) is 13.9. The molecule has 1 aromatic heterocycles. The van der Waals surface area contributed by atoms with E-state index in [0.29, 0.717) is 26.3 Å². The smallest absolute Gasteiger partial charge is 0.380 e. The third-order valence-corrected chi connectivity index (χ3v) is 2.77. The Morgan fingerprint density at radius 1 is 1.26 bits per heavy atom. The average molecular weight is 276 g/mol. The summed E-state index contributed by atoms with van der Waals surface area (Å²) in [6.45, 7) is 2.25. The van der Waals surface area contributed by atoms with E-state index in [2.05, 4.69) is 15.3 Å². The van der Waals surface area contributed by atoms with Crippen molar-refractivity contribution in [1.29, 1.82) is 0 Å². The molecule has 0 amide bonds. The largest absolute Gasteiger partial charge is 0.451 e. The molecule has 0 bridgehead atoms. The Balaban J connectivity index is 2.33. The summed E-state index contributed by atoms with van der Waals surface area (Å²) in [7, 11) is 1.53. The highest BCUT2D eigenvalue weighted by molar-refractivity contribution is 5.49. The van der Waals surface area contributed by atoms with Crippen LogP contribution >= 0.6 is 0 Å². The number of rotatable bonds is 2. The molecular weight excluding hydrogens is 261 g/mol. The molecule has 19 heavy (non-hydrogen) atoms. The summed E-state index contributed by atoms with van der Waals surface area (Å²) < 4.78 is 43.5. The van der Waals surface area contributed by atoms with Crippen LogP contribution in [-0.4, -0.2) is 43.3 Å². The van der Waals surface area contributed by atoms with Crippen molar-refractivity contribution in [3.8, 4) is 0 Å². The van der Waals surface area contributed by atoms with Crippen molar-refractivity contribution in [3.63, 3.8) is 0 Å². The molecule has 0 atom stereocenters. The number of nitrogens with one attached hydrogen (secondary N) is 1. The minimum atomic E-state index is -4.55. The molecule has 0 aliphatic carbocycles. The van der Waals surface area contributed by atoms with Crippen molar-refractivity contribution in [2.45, 2.75) is 12.6 Å². The molecule has 1 aromatic rings. The van der Waals surface area contributed by atoms with E-state index in [1.807, 2.05) is 0 Å². The van der Waals surface area contributed by atoms with Crippen LogP contribution in [0.1, 0.15) is 12.2 Å². The Hall–Kier alpha value is -1.57. The van der Waals surface area contributed by atoms with Crippen LogP contribution in [0, 0.1) is 0 Å². The second kappa shape index (κ2) is 5.60. The molecule has 0 saturated carbocycles. The molecule has 0 radical (unpaired) electrons. The molecular formula is C11H15F3N4O. The number of halogens is 3. The van der Waals surface area contributed by atoms with Crippen LogP contribution in [0.3, 0.4) is 0 Å². The number of aromatic nitrogens is 2. The summed E-state index contributed by atoms with van der Waals surface area (Å²) in [6, 6.07) is 1.51. The van der Waals surface area contributed by atoms with Gasteiger partial charge in [0.1, 0.15) is 11.6 Å². The monoisotopic (exact) mass is 276 g/mol. The minimum absolute atomic E-state index is 0.155. The van der Waals surface area contributed by atoms with E-state index in [1.54, 1.807) is 4.90 Å². The number of nitrogens with zero attached hydrogens (tertiary/aromatic N) is 3. The van der Waals surface area contributed by atoms with Gasteiger partial charge in [0.2, 0.25) is 5.82 Å². The summed E-state index contributed by atoms with van der Waals surface area (Å²) in [5.41, 5.74) is 0. The van der Waals surface area contributed by atoms with Gasteiger partial charge >= 0.3 is 6.18 Å². The standard InChI is InChI=1S/C11H15F3N4O/c1-15-8-7-9(17-10(16-8)11(12,13)14)18-3-2-5-19-6-4-18/h7H,2-6H2,1H3,(H,15,16,17). The maximum Gasteiger partial charge on any atom is 0.451 e. The second-order valence-corrected chi connectivity index (χ2v) is 4.14. The Bertz CT molecular complexity index is 430. The van der Waals surface area contributed by atoms with Crippen molar-refractivity contribution >= 4 is 11.6 Å². The van der Waals surface area contributed by atoms with Gasteiger partial charge in [-0.05, 0) is 6.42 Å². The lowest BCUT2D eigenvalue weighted by atomic mass is 10.3. The molecule has 1 aliphatic rings. The van der Waals surface area contributed by atoms with Gasteiger partial charge in [-0.25, -0.2) is 9.97 Å².